The summed E-state index contributed by atoms with van der Waals surface area (Å²) in [6.45, 7) is 9.78. The fourth-order valence-electron chi connectivity index (χ4n) is 2.08. The molecule has 0 heterocycles. The summed E-state index contributed by atoms with van der Waals surface area (Å²) < 4.78 is 0. The minimum atomic E-state index is -0.664. The summed E-state index contributed by atoms with van der Waals surface area (Å²) in [6, 6.07) is 8.16. The summed E-state index contributed by atoms with van der Waals surface area (Å²) in [5.74, 6) is -0.647. The SMILES string of the molecule is CC[C@H](C)[C@H](NC(=O)c1ccccc1)C(=O)NNC(=S)NC(C)(C)C. The Hall–Kier alpha value is -2.15. The maximum absolute atomic E-state index is 12.5. The molecule has 0 spiro atoms. The number of thiocarbonyl (C=S) groups is 1. The molecular weight excluding hydrogens is 336 g/mol. The number of nitrogens with one attached hydrogen (secondary N) is 4. The molecule has 0 aliphatic carbocycles. The van der Waals surface area contributed by atoms with Crippen LogP contribution in [0.2, 0.25) is 0 Å². The van der Waals surface area contributed by atoms with Gasteiger partial charge in [0.2, 0.25) is 0 Å². The lowest BCUT2D eigenvalue weighted by atomic mass is 9.98. The van der Waals surface area contributed by atoms with E-state index in [4.69, 9.17) is 12.2 Å². The molecule has 0 aliphatic rings. The van der Waals surface area contributed by atoms with Crippen LogP contribution in [-0.4, -0.2) is 28.5 Å². The largest absolute Gasteiger partial charge is 0.357 e. The molecule has 0 saturated carbocycles. The molecule has 0 radical (unpaired) electrons. The minimum Gasteiger partial charge on any atom is -0.357 e. The Morgan fingerprint density at radius 3 is 2.24 bits per heavy atom. The van der Waals surface area contributed by atoms with Crippen molar-refractivity contribution in [3.05, 3.63) is 35.9 Å². The van der Waals surface area contributed by atoms with Crippen LogP contribution >= 0.6 is 12.2 Å². The van der Waals surface area contributed by atoms with Crippen molar-refractivity contribution >= 4 is 29.1 Å². The van der Waals surface area contributed by atoms with Gasteiger partial charge in [0.05, 0.1) is 0 Å². The van der Waals surface area contributed by atoms with E-state index in [2.05, 4.69) is 21.5 Å². The monoisotopic (exact) mass is 364 g/mol. The van der Waals surface area contributed by atoms with Gasteiger partial charge in [-0.25, -0.2) is 0 Å². The van der Waals surface area contributed by atoms with E-state index in [0.29, 0.717) is 10.7 Å². The molecule has 0 aliphatic heterocycles. The Bertz CT molecular complexity index is 599. The van der Waals surface area contributed by atoms with E-state index in [1.165, 1.54) is 0 Å². The van der Waals surface area contributed by atoms with Crippen molar-refractivity contribution in [3.63, 3.8) is 0 Å². The van der Waals surface area contributed by atoms with Gasteiger partial charge in [0, 0.05) is 11.1 Å². The van der Waals surface area contributed by atoms with Crippen molar-refractivity contribution in [3.8, 4) is 0 Å². The quantitative estimate of drug-likeness (QED) is 0.475. The molecular formula is C18H28N4O2S. The third-order valence-corrected chi connectivity index (χ3v) is 3.81. The van der Waals surface area contributed by atoms with Crippen LogP contribution < -0.4 is 21.5 Å². The fourth-order valence-corrected chi connectivity index (χ4v) is 2.44. The van der Waals surface area contributed by atoms with Gasteiger partial charge in [-0.1, -0.05) is 38.5 Å². The lowest BCUT2D eigenvalue weighted by molar-refractivity contribution is -0.124. The maximum Gasteiger partial charge on any atom is 0.261 e. The number of hydrogen-bond donors (Lipinski definition) is 4. The highest BCUT2D eigenvalue weighted by Gasteiger charge is 2.26. The van der Waals surface area contributed by atoms with Crippen molar-refractivity contribution in [2.75, 3.05) is 0 Å². The molecule has 7 heteroatoms. The molecule has 0 fully saturated rings. The first-order chi connectivity index (χ1) is 11.6. The van der Waals surface area contributed by atoms with Crippen LogP contribution in [0.25, 0.3) is 0 Å². The second kappa shape index (κ2) is 9.36. The molecule has 1 aromatic rings. The predicted octanol–water partition coefficient (Wildman–Crippen LogP) is 2.12. The highest BCUT2D eigenvalue weighted by molar-refractivity contribution is 7.80. The van der Waals surface area contributed by atoms with Gasteiger partial charge in [0.25, 0.3) is 11.8 Å². The molecule has 0 saturated heterocycles. The summed E-state index contributed by atoms with van der Waals surface area (Å²) >= 11 is 5.14. The van der Waals surface area contributed by atoms with Gasteiger partial charge in [-0.15, -0.1) is 0 Å². The van der Waals surface area contributed by atoms with Crippen molar-refractivity contribution in [1.29, 1.82) is 0 Å². The van der Waals surface area contributed by atoms with Crippen molar-refractivity contribution in [2.45, 2.75) is 52.6 Å². The van der Waals surface area contributed by atoms with E-state index in [1.54, 1.807) is 24.3 Å². The van der Waals surface area contributed by atoms with Gasteiger partial charge < -0.3 is 10.6 Å². The molecule has 2 amide bonds. The Morgan fingerprint density at radius 1 is 1.12 bits per heavy atom. The topological polar surface area (TPSA) is 82.3 Å². The predicted molar refractivity (Wildman–Crippen MR) is 104 cm³/mol. The second-order valence-corrected chi connectivity index (χ2v) is 7.43. The van der Waals surface area contributed by atoms with E-state index in [9.17, 15) is 9.59 Å². The lowest BCUT2D eigenvalue weighted by Gasteiger charge is -2.26. The van der Waals surface area contributed by atoms with Crippen LogP contribution in [0.1, 0.15) is 51.4 Å². The first kappa shape index (κ1) is 20.9. The highest BCUT2D eigenvalue weighted by atomic mass is 32.1. The third-order valence-electron chi connectivity index (χ3n) is 3.61. The van der Waals surface area contributed by atoms with E-state index in [0.717, 1.165) is 6.42 Å². The number of hydrogen-bond acceptors (Lipinski definition) is 3. The van der Waals surface area contributed by atoms with E-state index in [-0.39, 0.29) is 23.3 Å². The first-order valence-electron chi connectivity index (χ1n) is 8.38. The van der Waals surface area contributed by atoms with Gasteiger partial charge >= 0.3 is 0 Å². The molecule has 2 atom stereocenters. The van der Waals surface area contributed by atoms with Crippen LogP contribution in [0.5, 0.6) is 0 Å². The molecule has 138 valence electrons. The minimum absolute atomic E-state index is 0.0291. The molecule has 0 unspecified atom stereocenters. The standard InChI is InChI=1S/C18H28N4O2S/c1-6-12(2)14(19-15(23)13-10-8-7-9-11-13)16(24)21-22-17(25)20-18(3,4)5/h7-12,14H,6H2,1-5H3,(H,19,23)(H,21,24)(H2,20,22,25)/t12-,14-/m0/s1. The van der Waals surface area contributed by atoms with Crippen molar-refractivity contribution < 1.29 is 9.59 Å². The lowest BCUT2D eigenvalue weighted by Crippen LogP contribution is -2.57. The zero-order valence-corrected chi connectivity index (χ0v) is 16.3. The Balaban J connectivity index is 2.70. The van der Waals surface area contributed by atoms with E-state index >= 15 is 0 Å². The van der Waals surface area contributed by atoms with E-state index in [1.807, 2.05) is 40.7 Å². The second-order valence-electron chi connectivity index (χ2n) is 7.02. The molecule has 1 rings (SSSR count). The summed E-state index contributed by atoms with van der Waals surface area (Å²) in [6.07, 6.45) is 0.748. The summed E-state index contributed by atoms with van der Waals surface area (Å²) in [4.78, 5) is 24.9. The van der Waals surface area contributed by atoms with Crippen LogP contribution in [0, 0.1) is 5.92 Å². The zero-order chi connectivity index (χ0) is 19.0. The van der Waals surface area contributed by atoms with Gasteiger partial charge in [0.15, 0.2) is 5.11 Å². The molecule has 1 aromatic carbocycles. The molecule has 0 bridgehead atoms. The zero-order valence-electron chi connectivity index (χ0n) is 15.5. The fraction of sp³-hybridized carbons (Fsp3) is 0.500. The van der Waals surface area contributed by atoms with Crippen molar-refractivity contribution in [1.82, 2.24) is 21.5 Å². The number of hydrazine groups is 1. The summed E-state index contributed by atoms with van der Waals surface area (Å²) in [5.41, 5.74) is 5.55. The van der Waals surface area contributed by atoms with Gasteiger partial charge in [0.1, 0.15) is 6.04 Å². The van der Waals surface area contributed by atoms with Gasteiger partial charge in [-0.2, -0.15) is 0 Å². The van der Waals surface area contributed by atoms with Crippen LogP contribution in [0.3, 0.4) is 0 Å². The van der Waals surface area contributed by atoms with Crippen molar-refractivity contribution in [2.24, 2.45) is 5.92 Å². The maximum atomic E-state index is 12.5. The third kappa shape index (κ3) is 7.51. The number of amides is 2. The average molecular weight is 365 g/mol. The molecule has 4 N–H and O–H groups in total. The average Bonchev–Trinajstić information content (AvgIpc) is 2.56. The van der Waals surface area contributed by atoms with Crippen LogP contribution in [-0.2, 0) is 4.79 Å². The smallest absolute Gasteiger partial charge is 0.261 e. The van der Waals surface area contributed by atoms with E-state index < -0.39 is 6.04 Å². The first-order valence-corrected chi connectivity index (χ1v) is 8.78. The Kier molecular flexibility index (Phi) is 7.83. The van der Waals surface area contributed by atoms with Gasteiger partial charge in [-0.3, -0.25) is 20.4 Å². The number of benzene rings is 1. The molecule has 0 aromatic heterocycles. The normalized spacial score (nSPS) is 13.3. The summed E-state index contributed by atoms with van der Waals surface area (Å²) in [5, 5.41) is 6.16. The summed E-state index contributed by atoms with van der Waals surface area (Å²) in [7, 11) is 0. The highest BCUT2D eigenvalue weighted by Crippen LogP contribution is 2.09. The van der Waals surface area contributed by atoms with Crippen LogP contribution in [0.4, 0.5) is 0 Å². The molecule has 6 nitrogen and oxygen atoms in total. The Labute approximate surface area is 155 Å². The molecule has 25 heavy (non-hydrogen) atoms. The van der Waals surface area contributed by atoms with Gasteiger partial charge in [-0.05, 0) is 51.0 Å². The number of carbonyl (C=O) groups is 2. The number of rotatable bonds is 5. The Morgan fingerprint density at radius 2 is 1.72 bits per heavy atom. The number of carbonyl (C=O) groups excluding carboxylic acids is 2. The van der Waals surface area contributed by atoms with Crippen LogP contribution in [0.15, 0.2) is 30.3 Å².